The van der Waals surface area contributed by atoms with Crippen LogP contribution in [0.2, 0.25) is 0 Å². The van der Waals surface area contributed by atoms with E-state index in [1.54, 1.807) is 18.7 Å². The number of hydrogen-bond donors (Lipinski definition) is 1. The fourth-order valence-corrected chi connectivity index (χ4v) is 3.20. The molecule has 1 amide bonds. The first-order valence-corrected chi connectivity index (χ1v) is 6.82. The number of hydrogen-bond acceptors (Lipinski definition) is 3. The van der Waals surface area contributed by atoms with Crippen LogP contribution in [0.5, 0.6) is 0 Å². The number of rotatable bonds is 1. The molecule has 100 valence electrons. The Hall–Kier alpha value is -1.08. The Bertz CT molecular complexity index is 386. The summed E-state index contributed by atoms with van der Waals surface area (Å²) in [6, 6.07) is 2.07. The van der Waals surface area contributed by atoms with Gasteiger partial charge < -0.3 is 10.0 Å². The van der Waals surface area contributed by atoms with E-state index in [1.165, 1.54) is 0 Å². The first-order chi connectivity index (χ1) is 8.39. The number of amides is 1. The van der Waals surface area contributed by atoms with Gasteiger partial charge in [0.1, 0.15) is 5.41 Å². The van der Waals surface area contributed by atoms with E-state index in [2.05, 4.69) is 6.07 Å². The number of piperidine rings is 1. The first-order valence-electron chi connectivity index (χ1n) is 6.82. The molecule has 0 aromatic carbocycles. The van der Waals surface area contributed by atoms with E-state index in [0.717, 1.165) is 25.7 Å². The van der Waals surface area contributed by atoms with Gasteiger partial charge in [0, 0.05) is 19.0 Å². The molecule has 1 aliphatic heterocycles. The predicted octanol–water partition coefficient (Wildman–Crippen LogP) is 1.69. The lowest BCUT2D eigenvalue weighted by molar-refractivity contribution is -0.149. The minimum absolute atomic E-state index is 0.0994. The number of nitrogens with zero attached hydrogens (tertiary/aromatic N) is 2. The molecule has 2 atom stereocenters. The molecular weight excluding hydrogens is 228 g/mol. The molecular formula is C14H22N2O2. The molecule has 1 heterocycles. The van der Waals surface area contributed by atoms with Crippen molar-refractivity contribution in [2.45, 2.75) is 51.6 Å². The van der Waals surface area contributed by atoms with Crippen LogP contribution in [0.1, 0.15) is 46.0 Å². The van der Waals surface area contributed by atoms with Crippen LogP contribution >= 0.6 is 0 Å². The van der Waals surface area contributed by atoms with E-state index in [1.807, 2.05) is 0 Å². The van der Waals surface area contributed by atoms with Crippen molar-refractivity contribution in [3.63, 3.8) is 0 Å². The highest BCUT2D eigenvalue weighted by atomic mass is 16.3. The number of nitriles is 1. The van der Waals surface area contributed by atoms with Crippen LogP contribution in [0.15, 0.2) is 0 Å². The zero-order valence-corrected chi connectivity index (χ0v) is 11.3. The maximum Gasteiger partial charge on any atom is 0.242 e. The molecule has 18 heavy (non-hydrogen) atoms. The van der Waals surface area contributed by atoms with Gasteiger partial charge in [-0.25, -0.2) is 0 Å². The third-order valence-corrected chi connectivity index (χ3v) is 4.53. The van der Waals surface area contributed by atoms with Gasteiger partial charge in [-0.15, -0.1) is 0 Å². The van der Waals surface area contributed by atoms with E-state index in [9.17, 15) is 9.90 Å². The van der Waals surface area contributed by atoms with Crippen molar-refractivity contribution in [1.82, 2.24) is 4.90 Å². The van der Waals surface area contributed by atoms with Crippen molar-refractivity contribution in [2.75, 3.05) is 13.1 Å². The van der Waals surface area contributed by atoms with E-state index in [-0.39, 0.29) is 11.8 Å². The highest BCUT2D eigenvalue weighted by molar-refractivity contribution is 5.84. The molecule has 1 aliphatic carbocycles. The van der Waals surface area contributed by atoms with Gasteiger partial charge in [-0.05, 0) is 33.1 Å². The molecule has 0 aromatic heterocycles. The summed E-state index contributed by atoms with van der Waals surface area (Å²) >= 11 is 0. The number of aliphatic hydroxyl groups is 1. The Balaban J connectivity index is 2.08. The number of carbonyl (C=O) groups is 1. The van der Waals surface area contributed by atoms with Crippen LogP contribution in [0.3, 0.4) is 0 Å². The summed E-state index contributed by atoms with van der Waals surface area (Å²) in [5.41, 5.74) is -1.52. The Kier molecular flexibility index (Phi) is 3.37. The lowest BCUT2D eigenvalue weighted by Gasteiger charge is -2.48. The number of carbonyl (C=O) groups excluding carboxylic acids is 1. The summed E-state index contributed by atoms with van der Waals surface area (Å²) in [7, 11) is 0. The van der Waals surface area contributed by atoms with Gasteiger partial charge in [-0.2, -0.15) is 5.26 Å². The molecule has 2 rings (SSSR count). The molecule has 2 aliphatic rings. The van der Waals surface area contributed by atoms with Gasteiger partial charge in [0.25, 0.3) is 0 Å². The highest BCUT2D eigenvalue weighted by Gasteiger charge is 2.45. The lowest BCUT2D eigenvalue weighted by Crippen LogP contribution is -2.56. The zero-order chi connectivity index (χ0) is 13.4. The quantitative estimate of drug-likeness (QED) is 0.770. The van der Waals surface area contributed by atoms with Crippen molar-refractivity contribution >= 4 is 5.91 Å². The second kappa shape index (κ2) is 4.55. The molecule has 4 heteroatoms. The van der Waals surface area contributed by atoms with Gasteiger partial charge >= 0.3 is 0 Å². The van der Waals surface area contributed by atoms with Crippen molar-refractivity contribution in [1.29, 1.82) is 5.26 Å². The van der Waals surface area contributed by atoms with Gasteiger partial charge in [-0.3, -0.25) is 4.79 Å². The van der Waals surface area contributed by atoms with Gasteiger partial charge in [-0.1, -0.05) is 12.8 Å². The molecule has 1 N–H and O–H groups in total. The highest BCUT2D eigenvalue weighted by Crippen LogP contribution is 2.40. The minimum Gasteiger partial charge on any atom is -0.389 e. The maximum atomic E-state index is 12.3. The Morgan fingerprint density at radius 3 is 2.83 bits per heavy atom. The van der Waals surface area contributed by atoms with Crippen molar-refractivity contribution in [2.24, 2.45) is 11.3 Å². The van der Waals surface area contributed by atoms with Crippen LogP contribution < -0.4 is 0 Å². The third kappa shape index (κ3) is 2.24. The largest absolute Gasteiger partial charge is 0.389 e. The van der Waals surface area contributed by atoms with Crippen LogP contribution in [0.25, 0.3) is 0 Å². The fourth-order valence-electron chi connectivity index (χ4n) is 3.20. The second-order valence-electron chi connectivity index (χ2n) is 6.28. The van der Waals surface area contributed by atoms with E-state index in [0.29, 0.717) is 19.5 Å². The summed E-state index contributed by atoms with van der Waals surface area (Å²) in [6.07, 6.45) is 4.74. The third-order valence-electron chi connectivity index (χ3n) is 4.53. The zero-order valence-electron chi connectivity index (χ0n) is 11.3. The van der Waals surface area contributed by atoms with Crippen molar-refractivity contribution < 1.29 is 9.90 Å². The molecule has 1 saturated heterocycles. The molecule has 4 nitrogen and oxygen atoms in total. The molecule has 2 fully saturated rings. The minimum atomic E-state index is -0.954. The molecule has 0 radical (unpaired) electrons. The van der Waals surface area contributed by atoms with Crippen molar-refractivity contribution in [3.05, 3.63) is 0 Å². The smallest absolute Gasteiger partial charge is 0.242 e. The molecule has 2 unspecified atom stereocenters. The Morgan fingerprint density at radius 2 is 2.17 bits per heavy atom. The van der Waals surface area contributed by atoms with Gasteiger partial charge in [0.2, 0.25) is 5.91 Å². The number of likely N-dealkylation sites (tertiary alicyclic amines) is 1. The maximum absolute atomic E-state index is 12.3. The van der Waals surface area contributed by atoms with Crippen molar-refractivity contribution in [3.8, 4) is 6.07 Å². The van der Waals surface area contributed by atoms with E-state index in [4.69, 9.17) is 5.26 Å². The molecule has 0 bridgehead atoms. The van der Waals surface area contributed by atoms with Gasteiger partial charge in [0.15, 0.2) is 0 Å². The molecule has 1 saturated carbocycles. The monoisotopic (exact) mass is 250 g/mol. The van der Waals surface area contributed by atoms with Crippen LogP contribution in [0, 0.1) is 22.7 Å². The fraction of sp³-hybridized carbons (Fsp3) is 0.857. The summed E-state index contributed by atoms with van der Waals surface area (Å²) in [5.74, 6) is 0.0936. The normalized spacial score (nSPS) is 32.6. The summed E-state index contributed by atoms with van der Waals surface area (Å²) in [5, 5.41) is 19.6. The molecule has 0 aromatic rings. The average Bonchev–Trinajstić information content (AvgIpc) is 2.36. The Morgan fingerprint density at radius 1 is 1.44 bits per heavy atom. The average molecular weight is 250 g/mol. The van der Waals surface area contributed by atoms with Crippen LogP contribution in [0.4, 0.5) is 0 Å². The standard InChI is InChI=1S/C14H22N2O2/c1-13(2,10-15)12(17)16-8-7-14(18)6-4-3-5-11(14)9-16/h11,18H,3-9H2,1-2H3. The van der Waals surface area contributed by atoms with Gasteiger partial charge in [0.05, 0.1) is 11.7 Å². The topological polar surface area (TPSA) is 64.3 Å². The van der Waals surface area contributed by atoms with E-state index >= 15 is 0 Å². The SMILES string of the molecule is CC(C)(C#N)C(=O)N1CCC2(O)CCCCC2C1. The predicted molar refractivity (Wildman–Crippen MR) is 67.5 cm³/mol. The summed E-state index contributed by atoms with van der Waals surface area (Å²) in [4.78, 5) is 14.0. The molecule has 0 spiro atoms. The summed E-state index contributed by atoms with van der Waals surface area (Å²) in [6.45, 7) is 4.52. The number of fused-ring (bicyclic) bond motifs is 1. The van der Waals surface area contributed by atoms with E-state index < -0.39 is 11.0 Å². The Labute approximate surface area is 109 Å². The lowest BCUT2D eigenvalue weighted by atomic mass is 9.71. The second-order valence-corrected chi connectivity index (χ2v) is 6.28. The van der Waals surface area contributed by atoms with Crippen LogP contribution in [-0.4, -0.2) is 34.6 Å². The summed E-state index contributed by atoms with van der Waals surface area (Å²) < 4.78 is 0. The van der Waals surface area contributed by atoms with Crippen LogP contribution in [-0.2, 0) is 4.79 Å². The first kappa shape index (κ1) is 13.4.